The third-order valence-corrected chi connectivity index (χ3v) is 2.96. The molecule has 2 N–H and O–H groups in total. The fourth-order valence-corrected chi connectivity index (χ4v) is 2.11. The van der Waals surface area contributed by atoms with Gasteiger partial charge >= 0.3 is 0 Å². The number of hydrogen-bond donors (Lipinski definition) is 1. The molecule has 0 aromatic carbocycles. The maximum atomic E-state index is 5.72. The molecule has 1 atom stereocenters. The van der Waals surface area contributed by atoms with Crippen molar-refractivity contribution in [3.63, 3.8) is 0 Å². The highest BCUT2D eigenvalue weighted by Crippen LogP contribution is 2.21. The molecule has 0 bridgehead atoms. The SMILES string of the molecule is CC(C)Oc1cc(N(C)C[C@@H]2CCCO2)nc(N)n1. The topological polar surface area (TPSA) is 73.5 Å². The average molecular weight is 266 g/mol. The predicted molar refractivity (Wildman–Crippen MR) is 74.5 cm³/mol. The van der Waals surface area contributed by atoms with Gasteiger partial charge in [0.25, 0.3) is 0 Å². The van der Waals surface area contributed by atoms with Gasteiger partial charge in [-0.1, -0.05) is 0 Å². The van der Waals surface area contributed by atoms with E-state index < -0.39 is 0 Å². The highest BCUT2D eigenvalue weighted by Gasteiger charge is 2.19. The zero-order valence-corrected chi connectivity index (χ0v) is 11.8. The number of nitrogens with two attached hydrogens (primary N) is 1. The summed E-state index contributed by atoms with van der Waals surface area (Å²) in [6.07, 6.45) is 2.56. The first-order valence-corrected chi connectivity index (χ1v) is 6.68. The van der Waals surface area contributed by atoms with Crippen LogP contribution in [0, 0.1) is 0 Å². The van der Waals surface area contributed by atoms with Gasteiger partial charge in [0.05, 0.1) is 12.2 Å². The van der Waals surface area contributed by atoms with Gasteiger partial charge in [0.15, 0.2) is 0 Å². The van der Waals surface area contributed by atoms with Crippen LogP contribution < -0.4 is 15.4 Å². The number of anilines is 2. The van der Waals surface area contributed by atoms with Gasteiger partial charge in [0, 0.05) is 26.3 Å². The van der Waals surface area contributed by atoms with Crippen molar-refractivity contribution < 1.29 is 9.47 Å². The molecule has 6 heteroatoms. The Balaban J connectivity index is 2.06. The Hall–Kier alpha value is -1.56. The quantitative estimate of drug-likeness (QED) is 0.869. The summed E-state index contributed by atoms with van der Waals surface area (Å²) in [6.45, 7) is 5.56. The number of rotatable bonds is 5. The van der Waals surface area contributed by atoms with Gasteiger partial charge in [-0.3, -0.25) is 0 Å². The molecular weight excluding hydrogens is 244 g/mol. The minimum absolute atomic E-state index is 0.0608. The second-order valence-electron chi connectivity index (χ2n) is 5.10. The Bertz CT molecular complexity index is 419. The number of hydrogen-bond acceptors (Lipinski definition) is 6. The molecule has 1 aliphatic heterocycles. The molecule has 1 saturated heterocycles. The van der Waals surface area contributed by atoms with Crippen molar-refractivity contribution in [3.8, 4) is 5.88 Å². The smallest absolute Gasteiger partial charge is 0.225 e. The minimum Gasteiger partial charge on any atom is -0.475 e. The van der Waals surface area contributed by atoms with Crippen molar-refractivity contribution >= 4 is 11.8 Å². The third-order valence-electron chi connectivity index (χ3n) is 2.96. The van der Waals surface area contributed by atoms with Crippen LogP contribution in [-0.2, 0) is 4.74 Å². The fourth-order valence-electron chi connectivity index (χ4n) is 2.11. The van der Waals surface area contributed by atoms with E-state index in [1.165, 1.54) is 0 Å². The molecule has 1 aromatic heterocycles. The van der Waals surface area contributed by atoms with Gasteiger partial charge in [0.2, 0.25) is 11.8 Å². The van der Waals surface area contributed by atoms with Gasteiger partial charge in [-0.05, 0) is 26.7 Å². The Morgan fingerprint density at radius 1 is 1.53 bits per heavy atom. The highest BCUT2D eigenvalue weighted by atomic mass is 16.5. The van der Waals surface area contributed by atoms with Crippen LogP contribution in [0.3, 0.4) is 0 Å². The molecule has 6 nitrogen and oxygen atoms in total. The van der Waals surface area contributed by atoms with Gasteiger partial charge in [-0.2, -0.15) is 9.97 Å². The van der Waals surface area contributed by atoms with Gasteiger partial charge in [-0.25, -0.2) is 0 Å². The molecule has 0 amide bonds. The van der Waals surface area contributed by atoms with E-state index in [0.717, 1.165) is 31.8 Å². The predicted octanol–water partition coefficient (Wildman–Crippen LogP) is 1.46. The molecule has 19 heavy (non-hydrogen) atoms. The number of aromatic nitrogens is 2. The zero-order valence-electron chi connectivity index (χ0n) is 11.8. The van der Waals surface area contributed by atoms with E-state index in [-0.39, 0.29) is 18.2 Å². The first-order chi connectivity index (χ1) is 9.04. The van der Waals surface area contributed by atoms with Crippen molar-refractivity contribution in [1.82, 2.24) is 9.97 Å². The van der Waals surface area contributed by atoms with Crippen molar-refractivity contribution in [2.75, 3.05) is 30.8 Å². The van der Waals surface area contributed by atoms with Crippen LogP contribution in [0.4, 0.5) is 11.8 Å². The highest BCUT2D eigenvalue weighted by molar-refractivity contribution is 5.44. The first kappa shape index (κ1) is 13.9. The van der Waals surface area contributed by atoms with Crippen LogP contribution in [0.5, 0.6) is 5.88 Å². The summed E-state index contributed by atoms with van der Waals surface area (Å²) in [7, 11) is 1.97. The Morgan fingerprint density at radius 2 is 2.32 bits per heavy atom. The fraction of sp³-hybridized carbons (Fsp3) is 0.692. The van der Waals surface area contributed by atoms with Crippen LogP contribution in [0.15, 0.2) is 6.07 Å². The van der Waals surface area contributed by atoms with E-state index in [0.29, 0.717) is 5.88 Å². The lowest BCUT2D eigenvalue weighted by Crippen LogP contribution is -2.29. The second-order valence-corrected chi connectivity index (χ2v) is 5.10. The molecule has 1 fully saturated rings. The van der Waals surface area contributed by atoms with E-state index >= 15 is 0 Å². The molecule has 0 spiro atoms. The lowest BCUT2D eigenvalue weighted by molar-refractivity contribution is 0.116. The summed E-state index contributed by atoms with van der Waals surface area (Å²) >= 11 is 0. The van der Waals surface area contributed by atoms with Crippen LogP contribution in [-0.4, -0.2) is 42.4 Å². The molecular formula is C13H22N4O2. The number of likely N-dealkylation sites (N-methyl/N-ethyl adjacent to an activating group) is 1. The lowest BCUT2D eigenvalue weighted by Gasteiger charge is -2.22. The van der Waals surface area contributed by atoms with Crippen LogP contribution in [0.2, 0.25) is 0 Å². The summed E-state index contributed by atoms with van der Waals surface area (Å²) in [5, 5.41) is 0. The Kier molecular flexibility index (Phi) is 4.42. The summed E-state index contributed by atoms with van der Waals surface area (Å²) in [5.41, 5.74) is 5.72. The monoisotopic (exact) mass is 266 g/mol. The first-order valence-electron chi connectivity index (χ1n) is 6.68. The van der Waals surface area contributed by atoms with Crippen molar-refractivity contribution in [3.05, 3.63) is 6.07 Å². The molecule has 106 valence electrons. The Morgan fingerprint density at radius 3 is 2.95 bits per heavy atom. The Labute approximate surface area is 113 Å². The van der Waals surface area contributed by atoms with E-state index in [1.807, 2.05) is 31.9 Å². The normalized spacial score (nSPS) is 18.8. The molecule has 1 aliphatic rings. The molecule has 0 unspecified atom stereocenters. The number of ether oxygens (including phenoxy) is 2. The van der Waals surface area contributed by atoms with Gasteiger partial charge < -0.3 is 20.1 Å². The minimum atomic E-state index is 0.0608. The maximum absolute atomic E-state index is 5.72. The van der Waals surface area contributed by atoms with Gasteiger partial charge in [0.1, 0.15) is 5.82 Å². The van der Waals surface area contributed by atoms with Crippen LogP contribution in [0.1, 0.15) is 26.7 Å². The average Bonchev–Trinajstić information content (AvgIpc) is 2.80. The standard InChI is InChI=1S/C13H22N4O2/c1-9(2)19-12-7-11(15-13(14)16-12)17(3)8-10-5-4-6-18-10/h7,9-10H,4-6,8H2,1-3H3,(H2,14,15,16)/t10-/m0/s1. The van der Waals surface area contributed by atoms with Crippen LogP contribution in [0.25, 0.3) is 0 Å². The molecule has 0 aliphatic carbocycles. The van der Waals surface area contributed by atoms with Crippen molar-refractivity contribution in [1.29, 1.82) is 0 Å². The largest absolute Gasteiger partial charge is 0.475 e. The maximum Gasteiger partial charge on any atom is 0.225 e. The summed E-state index contributed by atoms with van der Waals surface area (Å²) in [4.78, 5) is 10.3. The lowest BCUT2D eigenvalue weighted by atomic mass is 10.2. The molecule has 0 saturated carbocycles. The van der Waals surface area contributed by atoms with Gasteiger partial charge in [-0.15, -0.1) is 0 Å². The second kappa shape index (κ2) is 6.06. The molecule has 1 aromatic rings. The molecule has 2 rings (SSSR count). The third kappa shape index (κ3) is 3.96. The van der Waals surface area contributed by atoms with E-state index in [9.17, 15) is 0 Å². The molecule has 2 heterocycles. The summed E-state index contributed by atoms with van der Waals surface area (Å²) in [5.74, 6) is 1.50. The molecule has 0 radical (unpaired) electrons. The van der Waals surface area contributed by atoms with E-state index in [4.69, 9.17) is 15.2 Å². The van der Waals surface area contributed by atoms with Crippen LogP contribution >= 0.6 is 0 Å². The summed E-state index contributed by atoms with van der Waals surface area (Å²) in [6, 6.07) is 1.81. The van der Waals surface area contributed by atoms with E-state index in [2.05, 4.69) is 9.97 Å². The number of nitrogens with zero attached hydrogens (tertiary/aromatic N) is 3. The summed E-state index contributed by atoms with van der Waals surface area (Å²) < 4.78 is 11.2. The zero-order chi connectivity index (χ0) is 13.8. The van der Waals surface area contributed by atoms with Crippen molar-refractivity contribution in [2.24, 2.45) is 0 Å². The van der Waals surface area contributed by atoms with E-state index in [1.54, 1.807) is 0 Å². The van der Waals surface area contributed by atoms with Crippen molar-refractivity contribution in [2.45, 2.75) is 38.9 Å². The number of nitrogen functional groups attached to an aromatic ring is 1.